The maximum absolute atomic E-state index is 6.00. The lowest BCUT2D eigenvalue weighted by Crippen LogP contribution is -2.29. The van der Waals surface area contributed by atoms with E-state index in [9.17, 15) is 0 Å². The number of hydrogen-bond donors (Lipinski definition) is 2. The molecule has 0 bridgehead atoms. The smallest absolute Gasteiger partial charge is 0.143 e. The quantitative estimate of drug-likeness (QED) is 0.879. The first-order chi connectivity index (χ1) is 7.27. The number of halogens is 1. The monoisotopic (exact) mass is 270 g/mol. The largest absolute Gasteiger partial charge is 0.369 e. The Balaban J connectivity index is 1.90. The molecule has 2 atom stereocenters. The van der Waals surface area contributed by atoms with Crippen molar-refractivity contribution >= 4 is 21.7 Å². The van der Waals surface area contributed by atoms with Crippen LogP contribution in [0.5, 0.6) is 0 Å². The summed E-state index contributed by atoms with van der Waals surface area (Å²) >= 11 is 3.40. The predicted octanol–water partition coefficient (Wildman–Crippen LogP) is 1.78. The van der Waals surface area contributed by atoms with Crippen molar-refractivity contribution in [1.82, 2.24) is 9.97 Å². The van der Waals surface area contributed by atoms with Gasteiger partial charge in [0.1, 0.15) is 12.1 Å². The standard InChI is InChI=1S/C10H15BrN4/c11-8-5-13-6-15-10(8)14-4-7-2-1-3-9(7)12/h5-7,9H,1-4,12H2,(H,13,14,15). The van der Waals surface area contributed by atoms with Gasteiger partial charge in [-0.05, 0) is 34.7 Å². The summed E-state index contributed by atoms with van der Waals surface area (Å²) in [5, 5.41) is 3.31. The summed E-state index contributed by atoms with van der Waals surface area (Å²) in [4.78, 5) is 8.07. The van der Waals surface area contributed by atoms with Crippen molar-refractivity contribution < 1.29 is 0 Å². The highest BCUT2D eigenvalue weighted by molar-refractivity contribution is 9.10. The van der Waals surface area contributed by atoms with E-state index in [4.69, 9.17) is 5.73 Å². The van der Waals surface area contributed by atoms with Crippen LogP contribution in [0.1, 0.15) is 19.3 Å². The Morgan fingerprint density at radius 2 is 2.40 bits per heavy atom. The second-order valence-corrected chi connectivity index (χ2v) is 4.81. The molecule has 1 aromatic heterocycles. The Morgan fingerprint density at radius 1 is 1.53 bits per heavy atom. The van der Waals surface area contributed by atoms with Crippen LogP contribution >= 0.6 is 15.9 Å². The second kappa shape index (κ2) is 4.90. The Hall–Kier alpha value is -0.680. The van der Waals surface area contributed by atoms with E-state index in [0.29, 0.717) is 12.0 Å². The van der Waals surface area contributed by atoms with Crippen LogP contribution in [0.2, 0.25) is 0 Å². The first-order valence-corrected chi connectivity index (χ1v) is 6.01. The van der Waals surface area contributed by atoms with Gasteiger partial charge >= 0.3 is 0 Å². The van der Waals surface area contributed by atoms with Crippen LogP contribution in [0.15, 0.2) is 17.0 Å². The van der Waals surface area contributed by atoms with Crippen molar-refractivity contribution in [2.24, 2.45) is 11.7 Å². The SMILES string of the molecule is NC1CCCC1CNc1ncncc1Br. The van der Waals surface area contributed by atoms with E-state index >= 15 is 0 Å². The minimum Gasteiger partial charge on any atom is -0.369 e. The zero-order valence-corrected chi connectivity index (χ0v) is 10.1. The van der Waals surface area contributed by atoms with Gasteiger partial charge in [0.25, 0.3) is 0 Å². The second-order valence-electron chi connectivity index (χ2n) is 3.96. The van der Waals surface area contributed by atoms with Crippen LogP contribution in [0, 0.1) is 5.92 Å². The van der Waals surface area contributed by atoms with Gasteiger partial charge in [-0.1, -0.05) is 6.42 Å². The molecule has 1 saturated carbocycles. The maximum Gasteiger partial charge on any atom is 0.143 e. The van der Waals surface area contributed by atoms with Gasteiger partial charge in [0.15, 0.2) is 0 Å². The average Bonchev–Trinajstić information content (AvgIpc) is 2.63. The van der Waals surface area contributed by atoms with E-state index in [1.54, 1.807) is 12.5 Å². The molecule has 1 aliphatic rings. The molecule has 1 fully saturated rings. The molecule has 1 aromatic rings. The molecule has 1 aliphatic carbocycles. The fraction of sp³-hybridized carbons (Fsp3) is 0.600. The van der Waals surface area contributed by atoms with Gasteiger partial charge in [-0.2, -0.15) is 0 Å². The summed E-state index contributed by atoms with van der Waals surface area (Å²) in [5.74, 6) is 1.43. The molecule has 0 aliphatic heterocycles. The molecule has 15 heavy (non-hydrogen) atoms. The topological polar surface area (TPSA) is 63.8 Å². The van der Waals surface area contributed by atoms with Crippen molar-refractivity contribution in [2.45, 2.75) is 25.3 Å². The number of hydrogen-bond acceptors (Lipinski definition) is 4. The molecule has 3 N–H and O–H groups in total. The Kier molecular flexibility index (Phi) is 3.53. The summed E-state index contributed by atoms with van der Waals surface area (Å²) < 4.78 is 0.900. The van der Waals surface area contributed by atoms with Gasteiger partial charge in [0.2, 0.25) is 0 Å². The summed E-state index contributed by atoms with van der Waals surface area (Å²) in [6.07, 6.45) is 6.90. The molecule has 4 nitrogen and oxygen atoms in total. The lowest BCUT2D eigenvalue weighted by molar-refractivity contribution is 0.504. The normalized spacial score (nSPS) is 25.5. The lowest BCUT2D eigenvalue weighted by atomic mass is 10.1. The molecule has 0 amide bonds. The van der Waals surface area contributed by atoms with Crippen molar-refractivity contribution in [3.63, 3.8) is 0 Å². The van der Waals surface area contributed by atoms with E-state index in [2.05, 4.69) is 31.2 Å². The number of aromatic nitrogens is 2. The van der Waals surface area contributed by atoms with Crippen LogP contribution in [0.25, 0.3) is 0 Å². The molecule has 2 rings (SSSR count). The van der Waals surface area contributed by atoms with Gasteiger partial charge in [0.05, 0.1) is 4.47 Å². The molecular formula is C10H15BrN4. The molecule has 0 spiro atoms. The third kappa shape index (κ3) is 2.66. The van der Waals surface area contributed by atoms with E-state index in [-0.39, 0.29) is 0 Å². The average molecular weight is 271 g/mol. The lowest BCUT2D eigenvalue weighted by Gasteiger charge is -2.16. The van der Waals surface area contributed by atoms with Gasteiger partial charge in [-0.3, -0.25) is 0 Å². The molecule has 0 saturated heterocycles. The Bertz CT molecular complexity index is 331. The van der Waals surface area contributed by atoms with E-state index in [1.165, 1.54) is 12.8 Å². The van der Waals surface area contributed by atoms with Crippen LogP contribution in [0.3, 0.4) is 0 Å². The number of nitrogens with two attached hydrogens (primary N) is 1. The zero-order chi connectivity index (χ0) is 10.7. The summed E-state index contributed by atoms with van der Waals surface area (Å²) in [6.45, 7) is 0.900. The fourth-order valence-corrected chi connectivity index (χ4v) is 2.35. The van der Waals surface area contributed by atoms with Crippen LogP contribution < -0.4 is 11.1 Å². The van der Waals surface area contributed by atoms with E-state index in [0.717, 1.165) is 23.3 Å². The third-order valence-corrected chi connectivity index (χ3v) is 3.50. The van der Waals surface area contributed by atoms with E-state index < -0.39 is 0 Å². The first kappa shape index (κ1) is 10.8. The molecule has 0 radical (unpaired) electrons. The maximum atomic E-state index is 6.00. The number of rotatable bonds is 3. The number of nitrogens with one attached hydrogen (secondary N) is 1. The summed E-state index contributed by atoms with van der Waals surface area (Å²) in [7, 11) is 0. The molecule has 0 aromatic carbocycles. The van der Waals surface area contributed by atoms with Gasteiger partial charge in [0, 0.05) is 18.8 Å². The van der Waals surface area contributed by atoms with Crippen LogP contribution in [0.4, 0.5) is 5.82 Å². The van der Waals surface area contributed by atoms with E-state index in [1.807, 2.05) is 0 Å². The third-order valence-electron chi connectivity index (χ3n) is 2.92. The van der Waals surface area contributed by atoms with Crippen molar-refractivity contribution in [3.05, 3.63) is 17.0 Å². The molecule has 5 heteroatoms. The Morgan fingerprint density at radius 3 is 3.07 bits per heavy atom. The predicted molar refractivity (Wildman–Crippen MR) is 63.5 cm³/mol. The van der Waals surface area contributed by atoms with Crippen molar-refractivity contribution in [1.29, 1.82) is 0 Å². The van der Waals surface area contributed by atoms with Crippen LogP contribution in [-0.2, 0) is 0 Å². The highest BCUT2D eigenvalue weighted by atomic mass is 79.9. The fourth-order valence-electron chi connectivity index (χ4n) is 1.99. The Labute approximate surface area is 97.8 Å². The highest BCUT2D eigenvalue weighted by Crippen LogP contribution is 2.25. The highest BCUT2D eigenvalue weighted by Gasteiger charge is 2.23. The minimum absolute atomic E-state index is 0.345. The van der Waals surface area contributed by atoms with Gasteiger partial charge in [-0.15, -0.1) is 0 Å². The molecule has 1 heterocycles. The van der Waals surface area contributed by atoms with Gasteiger partial charge in [-0.25, -0.2) is 9.97 Å². The first-order valence-electron chi connectivity index (χ1n) is 5.22. The summed E-state index contributed by atoms with van der Waals surface area (Å²) in [5.41, 5.74) is 6.00. The van der Waals surface area contributed by atoms with Gasteiger partial charge < -0.3 is 11.1 Å². The summed E-state index contributed by atoms with van der Waals surface area (Å²) in [6, 6.07) is 0.345. The van der Waals surface area contributed by atoms with Crippen molar-refractivity contribution in [2.75, 3.05) is 11.9 Å². The number of nitrogens with zero attached hydrogens (tertiary/aromatic N) is 2. The number of anilines is 1. The van der Waals surface area contributed by atoms with Crippen molar-refractivity contribution in [3.8, 4) is 0 Å². The minimum atomic E-state index is 0.345. The zero-order valence-electron chi connectivity index (χ0n) is 8.49. The molecular weight excluding hydrogens is 256 g/mol. The van der Waals surface area contributed by atoms with Crippen LogP contribution in [-0.4, -0.2) is 22.6 Å². The molecule has 82 valence electrons. The molecule has 2 unspecified atom stereocenters.